The molecule has 0 aliphatic carbocycles. The molecular weight excluding hydrogens is 422 g/mol. The first-order valence-corrected chi connectivity index (χ1v) is 11.1. The Kier molecular flexibility index (Phi) is 6.23. The minimum atomic E-state index is -0.169. The van der Waals surface area contributed by atoms with Crippen LogP contribution in [-0.2, 0) is 9.59 Å². The summed E-state index contributed by atoms with van der Waals surface area (Å²) in [5.41, 5.74) is 6.00. The Hall–Kier alpha value is -3.65. The maximum Gasteiger partial charge on any atom is 0.234 e. The molecule has 0 unspecified atom stereocenters. The number of thioether (sulfide) groups is 1. The highest BCUT2D eigenvalue weighted by Crippen LogP contribution is 2.31. The molecule has 0 aliphatic heterocycles. The van der Waals surface area contributed by atoms with E-state index in [0.29, 0.717) is 16.5 Å². The van der Waals surface area contributed by atoms with Gasteiger partial charge < -0.3 is 10.6 Å². The van der Waals surface area contributed by atoms with Gasteiger partial charge in [-0.15, -0.1) is 0 Å². The highest BCUT2D eigenvalue weighted by atomic mass is 32.2. The van der Waals surface area contributed by atoms with Crippen LogP contribution in [0.15, 0.2) is 65.8 Å². The van der Waals surface area contributed by atoms with Crippen molar-refractivity contribution < 1.29 is 9.59 Å². The van der Waals surface area contributed by atoms with Gasteiger partial charge >= 0.3 is 0 Å². The van der Waals surface area contributed by atoms with E-state index in [1.807, 2.05) is 54.8 Å². The minimum absolute atomic E-state index is 0.164. The molecule has 4 aromatic rings. The second-order valence-corrected chi connectivity index (χ2v) is 8.38. The smallest absolute Gasteiger partial charge is 0.234 e. The largest absolute Gasteiger partial charge is 0.326 e. The van der Waals surface area contributed by atoms with E-state index in [0.717, 1.165) is 28.0 Å². The summed E-state index contributed by atoms with van der Waals surface area (Å²) >= 11 is 1.33. The normalized spacial score (nSPS) is 10.8. The van der Waals surface area contributed by atoms with Gasteiger partial charge in [0.1, 0.15) is 0 Å². The Labute approximate surface area is 190 Å². The van der Waals surface area contributed by atoms with Crippen LogP contribution in [-0.4, -0.2) is 32.2 Å². The van der Waals surface area contributed by atoms with Crippen LogP contribution in [0, 0.1) is 13.8 Å². The van der Waals surface area contributed by atoms with E-state index in [-0.39, 0.29) is 17.6 Å². The first-order chi connectivity index (χ1) is 15.4. The number of aryl methyl sites for hydroxylation is 2. The fourth-order valence-corrected chi connectivity index (χ4v) is 4.25. The van der Waals surface area contributed by atoms with Crippen molar-refractivity contribution in [3.05, 3.63) is 71.9 Å². The van der Waals surface area contributed by atoms with Gasteiger partial charge in [-0.05, 0) is 43.7 Å². The number of fused-ring (bicyclic) bond motifs is 1. The van der Waals surface area contributed by atoms with Crippen LogP contribution >= 0.6 is 11.8 Å². The summed E-state index contributed by atoms with van der Waals surface area (Å²) in [4.78, 5) is 28.7. The number of anilines is 2. The third kappa shape index (κ3) is 4.81. The zero-order chi connectivity index (χ0) is 22.7. The van der Waals surface area contributed by atoms with Gasteiger partial charge in [-0.3, -0.25) is 9.59 Å². The van der Waals surface area contributed by atoms with E-state index in [1.54, 1.807) is 24.3 Å². The number of hydrogen-bond acceptors (Lipinski definition) is 5. The summed E-state index contributed by atoms with van der Waals surface area (Å²) in [7, 11) is 0. The molecule has 2 aromatic heterocycles. The van der Waals surface area contributed by atoms with Gasteiger partial charge in [-0.25, -0.2) is 9.50 Å². The standard InChI is InChI=1S/C24H23N5O2S/c1-15-12-16(2)28-29-23(15)22(18-8-5-4-6-9-18)27-24(29)32-14-21(31)26-20-11-7-10-19(13-20)25-17(3)30/h4-13H,14H2,1-3H3,(H,25,30)(H,26,31). The van der Waals surface area contributed by atoms with Crippen molar-refractivity contribution in [3.8, 4) is 11.3 Å². The molecule has 2 amide bonds. The third-order valence-electron chi connectivity index (χ3n) is 4.73. The Morgan fingerprint density at radius 2 is 1.69 bits per heavy atom. The Morgan fingerprint density at radius 3 is 2.41 bits per heavy atom. The predicted molar refractivity (Wildman–Crippen MR) is 128 cm³/mol. The monoisotopic (exact) mass is 445 g/mol. The summed E-state index contributed by atoms with van der Waals surface area (Å²) in [5, 5.41) is 10.9. The minimum Gasteiger partial charge on any atom is -0.326 e. The second kappa shape index (κ2) is 9.23. The van der Waals surface area contributed by atoms with Crippen LogP contribution in [0.1, 0.15) is 18.2 Å². The van der Waals surface area contributed by atoms with Crippen molar-refractivity contribution in [1.82, 2.24) is 14.6 Å². The third-order valence-corrected chi connectivity index (χ3v) is 5.66. The van der Waals surface area contributed by atoms with Crippen LogP contribution < -0.4 is 10.6 Å². The number of nitrogens with zero attached hydrogens (tertiary/aromatic N) is 3. The topological polar surface area (TPSA) is 88.4 Å². The van der Waals surface area contributed by atoms with Gasteiger partial charge in [0.15, 0.2) is 5.16 Å². The summed E-state index contributed by atoms with van der Waals surface area (Å²) < 4.78 is 1.82. The molecule has 7 nitrogen and oxygen atoms in total. The van der Waals surface area contributed by atoms with E-state index in [2.05, 4.69) is 15.7 Å². The molecule has 162 valence electrons. The number of rotatable bonds is 6. The number of hydrogen-bond donors (Lipinski definition) is 2. The second-order valence-electron chi connectivity index (χ2n) is 7.44. The number of imidazole rings is 1. The van der Waals surface area contributed by atoms with E-state index in [4.69, 9.17) is 4.98 Å². The van der Waals surface area contributed by atoms with Gasteiger partial charge in [0.05, 0.1) is 22.7 Å². The molecule has 0 aliphatic rings. The van der Waals surface area contributed by atoms with Gasteiger partial charge in [0, 0.05) is 23.9 Å². The molecule has 0 fully saturated rings. The molecule has 0 spiro atoms. The molecule has 0 saturated carbocycles. The lowest BCUT2D eigenvalue weighted by Crippen LogP contribution is -2.15. The molecule has 0 atom stereocenters. The van der Waals surface area contributed by atoms with Crippen LogP contribution in [0.4, 0.5) is 11.4 Å². The van der Waals surface area contributed by atoms with Crippen LogP contribution in [0.25, 0.3) is 16.8 Å². The Balaban J connectivity index is 1.56. The highest BCUT2D eigenvalue weighted by molar-refractivity contribution is 7.99. The maximum atomic E-state index is 12.6. The Bertz CT molecular complexity index is 1300. The van der Waals surface area contributed by atoms with Crippen molar-refractivity contribution >= 4 is 40.5 Å². The lowest BCUT2D eigenvalue weighted by molar-refractivity contribution is -0.114. The van der Waals surface area contributed by atoms with Crippen LogP contribution in [0.5, 0.6) is 0 Å². The average molecular weight is 446 g/mol. The fourth-order valence-electron chi connectivity index (χ4n) is 3.50. The maximum absolute atomic E-state index is 12.6. The Morgan fingerprint density at radius 1 is 0.969 bits per heavy atom. The van der Waals surface area contributed by atoms with Gasteiger partial charge in [-0.1, -0.05) is 48.2 Å². The molecule has 2 aromatic carbocycles. The number of carbonyl (C=O) groups is 2. The highest BCUT2D eigenvalue weighted by Gasteiger charge is 2.18. The van der Waals surface area contributed by atoms with Crippen molar-refractivity contribution in [2.75, 3.05) is 16.4 Å². The lowest BCUT2D eigenvalue weighted by Gasteiger charge is -2.08. The van der Waals surface area contributed by atoms with Gasteiger partial charge in [-0.2, -0.15) is 5.10 Å². The SMILES string of the molecule is CC(=O)Nc1cccc(NC(=O)CSc2nc(-c3ccccc3)c3c(C)cc(C)nn23)c1. The number of carbonyl (C=O) groups excluding carboxylic acids is 2. The summed E-state index contributed by atoms with van der Waals surface area (Å²) in [6, 6.07) is 19.0. The van der Waals surface area contributed by atoms with E-state index in [1.165, 1.54) is 18.7 Å². The molecule has 0 radical (unpaired) electrons. The summed E-state index contributed by atoms with van der Waals surface area (Å²) in [6.07, 6.45) is 0. The van der Waals surface area contributed by atoms with Gasteiger partial charge in [0.2, 0.25) is 11.8 Å². The first-order valence-electron chi connectivity index (χ1n) is 10.1. The summed E-state index contributed by atoms with van der Waals surface area (Å²) in [5.74, 6) is -0.160. The molecule has 8 heteroatoms. The average Bonchev–Trinajstić information content (AvgIpc) is 3.11. The van der Waals surface area contributed by atoms with Crippen LogP contribution in [0.3, 0.4) is 0 Å². The van der Waals surface area contributed by atoms with Gasteiger partial charge in [0.25, 0.3) is 0 Å². The molecule has 2 heterocycles. The fraction of sp³-hybridized carbons (Fsp3) is 0.167. The number of benzene rings is 2. The molecule has 32 heavy (non-hydrogen) atoms. The number of aromatic nitrogens is 3. The van der Waals surface area contributed by atoms with Crippen molar-refractivity contribution in [2.24, 2.45) is 0 Å². The molecule has 0 saturated heterocycles. The van der Waals surface area contributed by atoms with E-state index < -0.39 is 0 Å². The number of amides is 2. The quantitative estimate of drug-likeness (QED) is 0.420. The van der Waals surface area contributed by atoms with Crippen molar-refractivity contribution in [3.63, 3.8) is 0 Å². The molecule has 2 N–H and O–H groups in total. The van der Waals surface area contributed by atoms with Crippen molar-refractivity contribution in [1.29, 1.82) is 0 Å². The molecular formula is C24H23N5O2S. The molecule has 4 rings (SSSR count). The van der Waals surface area contributed by atoms with Crippen molar-refractivity contribution in [2.45, 2.75) is 25.9 Å². The number of nitrogens with one attached hydrogen (secondary N) is 2. The summed E-state index contributed by atoms with van der Waals surface area (Å²) in [6.45, 7) is 5.43. The van der Waals surface area contributed by atoms with E-state index >= 15 is 0 Å². The zero-order valence-electron chi connectivity index (χ0n) is 18.0. The van der Waals surface area contributed by atoms with E-state index in [9.17, 15) is 9.59 Å². The zero-order valence-corrected chi connectivity index (χ0v) is 18.9. The molecule has 0 bridgehead atoms. The predicted octanol–water partition coefficient (Wildman–Crippen LogP) is 4.70. The first kappa shape index (κ1) is 21.6. The lowest BCUT2D eigenvalue weighted by atomic mass is 10.1. The van der Waals surface area contributed by atoms with Crippen LogP contribution in [0.2, 0.25) is 0 Å².